The van der Waals surface area contributed by atoms with Crippen LogP contribution in [0.4, 0.5) is 0 Å². The molecule has 1 aliphatic rings. The van der Waals surface area contributed by atoms with Gasteiger partial charge in [-0.1, -0.05) is 19.8 Å². The fraction of sp³-hybridized carbons (Fsp3) is 0.588. The van der Waals surface area contributed by atoms with E-state index in [1.165, 1.54) is 12.8 Å². The molecule has 21 heavy (non-hydrogen) atoms. The Hall–Kier alpha value is -1.16. The topological polar surface area (TPSA) is 38.3 Å². The summed E-state index contributed by atoms with van der Waals surface area (Å²) in [4.78, 5) is 12.2. The Bertz CT molecular complexity index is 427. The van der Waals surface area contributed by atoms with Crippen LogP contribution in [0.5, 0.6) is 5.75 Å². The van der Waals surface area contributed by atoms with E-state index >= 15 is 0 Å². The molecule has 1 amide bonds. The smallest absolute Gasteiger partial charge is 0.251 e. The Morgan fingerprint density at radius 3 is 2.62 bits per heavy atom. The second-order valence-corrected chi connectivity index (χ2v) is 6.66. The summed E-state index contributed by atoms with van der Waals surface area (Å²) in [7, 11) is 0. The molecule has 1 fully saturated rings. The van der Waals surface area contributed by atoms with Gasteiger partial charge in [0.25, 0.3) is 5.91 Å². The number of benzene rings is 1. The summed E-state index contributed by atoms with van der Waals surface area (Å²) in [5.41, 5.74) is 0.717. The molecule has 116 valence electrons. The molecule has 0 saturated carbocycles. The number of carbonyl (C=O) groups excluding carboxylic acids is 1. The van der Waals surface area contributed by atoms with Crippen LogP contribution in [0.1, 0.15) is 49.4 Å². The third kappa shape index (κ3) is 5.62. The van der Waals surface area contributed by atoms with Crippen LogP contribution < -0.4 is 10.1 Å². The van der Waals surface area contributed by atoms with Crippen molar-refractivity contribution in [3.05, 3.63) is 29.8 Å². The van der Waals surface area contributed by atoms with Crippen LogP contribution in [-0.2, 0) is 0 Å². The quantitative estimate of drug-likeness (QED) is 0.777. The minimum atomic E-state index is 0.0319. The van der Waals surface area contributed by atoms with Crippen molar-refractivity contribution in [1.82, 2.24) is 5.32 Å². The first-order valence-electron chi connectivity index (χ1n) is 7.91. The highest BCUT2D eigenvalue weighted by molar-refractivity contribution is 7.99. The van der Waals surface area contributed by atoms with E-state index < -0.39 is 0 Å². The molecule has 0 bridgehead atoms. The Morgan fingerprint density at radius 2 is 1.95 bits per heavy atom. The van der Waals surface area contributed by atoms with E-state index in [1.807, 2.05) is 36.0 Å². The van der Waals surface area contributed by atoms with Crippen LogP contribution in [0, 0.1) is 0 Å². The number of unbranched alkanes of at least 4 members (excludes halogenated alkanes) is 2. The summed E-state index contributed by atoms with van der Waals surface area (Å²) in [6.45, 7) is 2.93. The molecule has 1 heterocycles. The van der Waals surface area contributed by atoms with Crippen molar-refractivity contribution in [2.45, 2.75) is 45.1 Å². The number of ether oxygens (including phenoxy) is 1. The van der Waals surface area contributed by atoms with Gasteiger partial charge in [-0.3, -0.25) is 4.79 Å². The highest BCUT2D eigenvalue weighted by Crippen LogP contribution is 2.18. The first-order chi connectivity index (χ1) is 10.3. The predicted molar refractivity (Wildman–Crippen MR) is 89.3 cm³/mol. The number of amides is 1. The van der Waals surface area contributed by atoms with Gasteiger partial charge in [-0.2, -0.15) is 11.8 Å². The van der Waals surface area contributed by atoms with Crippen LogP contribution >= 0.6 is 11.8 Å². The van der Waals surface area contributed by atoms with E-state index in [0.29, 0.717) is 11.6 Å². The SMILES string of the molecule is CCCCCOc1ccc(C(=O)NC2CCSCC2)cc1. The summed E-state index contributed by atoms with van der Waals surface area (Å²) >= 11 is 1.97. The van der Waals surface area contributed by atoms with Gasteiger partial charge in [0.05, 0.1) is 6.61 Å². The van der Waals surface area contributed by atoms with E-state index in [-0.39, 0.29) is 5.91 Å². The first kappa shape index (κ1) is 16.2. The minimum Gasteiger partial charge on any atom is -0.494 e. The molecular weight excluding hydrogens is 282 g/mol. The predicted octanol–water partition coefficient (Wildman–Crippen LogP) is 3.88. The summed E-state index contributed by atoms with van der Waals surface area (Å²) in [6.07, 6.45) is 5.63. The van der Waals surface area contributed by atoms with Crippen LogP contribution in [0.25, 0.3) is 0 Å². The van der Waals surface area contributed by atoms with E-state index in [0.717, 1.165) is 43.1 Å². The van der Waals surface area contributed by atoms with Crippen molar-refractivity contribution in [2.75, 3.05) is 18.1 Å². The summed E-state index contributed by atoms with van der Waals surface area (Å²) in [6, 6.07) is 7.81. The number of carbonyl (C=O) groups is 1. The molecule has 1 N–H and O–H groups in total. The largest absolute Gasteiger partial charge is 0.494 e. The average molecular weight is 307 g/mol. The van der Waals surface area contributed by atoms with Crippen molar-refractivity contribution in [1.29, 1.82) is 0 Å². The van der Waals surface area contributed by atoms with E-state index in [9.17, 15) is 4.79 Å². The molecule has 0 unspecified atom stereocenters. The average Bonchev–Trinajstić information content (AvgIpc) is 2.53. The molecule has 2 rings (SSSR count). The minimum absolute atomic E-state index is 0.0319. The van der Waals surface area contributed by atoms with E-state index in [4.69, 9.17) is 4.74 Å². The van der Waals surface area contributed by atoms with Gasteiger partial charge in [-0.25, -0.2) is 0 Å². The normalized spacial score (nSPS) is 15.7. The zero-order valence-corrected chi connectivity index (χ0v) is 13.6. The maximum atomic E-state index is 12.2. The van der Waals surface area contributed by atoms with Crippen LogP contribution in [0.3, 0.4) is 0 Å². The Labute approximate surface area is 131 Å². The standard InChI is InChI=1S/C17H25NO2S/c1-2-3-4-11-20-16-7-5-14(6-8-16)17(19)18-15-9-12-21-13-10-15/h5-8,15H,2-4,9-13H2,1H3,(H,18,19). The molecule has 1 aromatic rings. The Morgan fingerprint density at radius 1 is 1.24 bits per heavy atom. The molecule has 0 atom stereocenters. The molecule has 0 radical (unpaired) electrons. The first-order valence-corrected chi connectivity index (χ1v) is 9.06. The van der Waals surface area contributed by atoms with Crippen LogP contribution in [0.2, 0.25) is 0 Å². The van der Waals surface area contributed by atoms with Crippen molar-refractivity contribution >= 4 is 17.7 Å². The van der Waals surface area contributed by atoms with Crippen molar-refractivity contribution < 1.29 is 9.53 Å². The lowest BCUT2D eigenvalue weighted by Crippen LogP contribution is -2.37. The number of rotatable bonds is 7. The molecule has 0 aromatic heterocycles. The second-order valence-electron chi connectivity index (χ2n) is 5.44. The highest BCUT2D eigenvalue weighted by Gasteiger charge is 2.16. The third-order valence-corrected chi connectivity index (χ3v) is 4.74. The number of hydrogen-bond donors (Lipinski definition) is 1. The van der Waals surface area contributed by atoms with Gasteiger partial charge < -0.3 is 10.1 Å². The number of hydrogen-bond acceptors (Lipinski definition) is 3. The molecule has 0 spiro atoms. The molecule has 1 saturated heterocycles. The number of nitrogens with one attached hydrogen (secondary N) is 1. The summed E-state index contributed by atoms with van der Waals surface area (Å²) in [5, 5.41) is 3.12. The Kier molecular flexibility index (Phi) is 6.93. The van der Waals surface area contributed by atoms with Gasteiger partial charge >= 0.3 is 0 Å². The molecule has 1 aliphatic heterocycles. The van der Waals surface area contributed by atoms with Gasteiger partial charge in [0.15, 0.2) is 0 Å². The molecular formula is C17H25NO2S. The van der Waals surface area contributed by atoms with Gasteiger partial charge in [-0.05, 0) is 55.0 Å². The van der Waals surface area contributed by atoms with Gasteiger partial charge in [-0.15, -0.1) is 0 Å². The van der Waals surface area contributed by atoms with Gasteiger partial charge in [0.2, 0.25) is 0 Å². The lowest BCUT2D eigenvalue weighted by molar-refractivity contribution is 0.0935. The molecule has 0 aliphatic carbocycles. The highest BCUT2D eigenvalue weighted by atomic mass is 32.2. The fourth-order valence-corrected chi connectivity index (χ4v) is 3.46. The molecule has 1 aromatic carbocycles. The van der Waals surface area contributed by atoms with Gasteiger partial charge in [0, 0.05) is 11.6 Å². The zero-order chi connectivity index (χ0) is 14.9. The lowest BCUT2D eigenvalue weighted by atomic mass is 10.1. The van der Waals surface area contributed by atoms with Crippen LogP contribution in [0.15, 0.2) is 24.3 Å². The zero-order valence-electron chi connectivity index (χ0n) is 12.8. The van der Waals surface area contributed by atoms with Crippen molar-refractivity contribution in [2.24, 2.45) is 0 Å². The summed E-state index contributed by atoms with van der Waals surface area (Å²) < 4.78 is 5.66. The summed E-state index contributed by atoms with van der Waals surface area (Å²) in [5.74, 6) is 3.17. The maximum absolute atomic E-state index is 12.2. The van der Waals surface area contributed by atoms with E-state index in [1.54, 1.807) is 0 Å². The molecule has 4 heteroatoms. The number of thioether (sulfide) groups is 1. The van der Waals surface area contributed by atoms with E-state index in [2.05, 4.69) is 12.2 Å². The monoisotopic (exact) mass is 307 g/mol. The van der Waals surface area contributed by atoms with Crippen LogP contribution in [-0.4, -0.2) is 30.1 Å². The lowest BCUT2D eigenvalue weighted by Gasteiger charge is -2.22. The fourth-order valence-electron chi connectivity index (χ4n) is 2.36. The van der Waals surface area contributed by atoms with Crippen molar-refractivity contribution in [3.8, 4) is 5.75 Å². The second kappa shape index (κ2) is 8.98. The third-order valence-electron chi connectivity index (χ3n) is 3.69. The molecule has 3 nitrogen and oxygen atoms in total. The Balaban J connectivity index is 1.78. The van der Waals surface area contributed by atoms with Gasteiger partial charge in [0.1, 0.15) is 5.75 Å². The van der Waals surface area contributed by atoms with Crippen molar-refractivity contribution in [3.63, 3.8) is 0 Å². The maximum Gasteiger partial charge on any atom is 0.251 e.